The molecule has 3 rings (SSSR count). The number of hydrogen-bond donors (Lipinski definition) is 1. The summed E-state index contributed by atoms with van der Waals surface area (Å²) in [6.07, 6.45) is 9.46. The number of imidazole rings is 1. The second kappa shape index (κ2) is 6.71. The molecule has 2 aliphatic rings. The third-order valence-electron chi connectivity index (χ3n) is 5.16. The molecule has 1 N–H and O–H groups in total. The highest BCUT2D eigenvalue weighted by Crippen LogP contribution is 2.36. The zero-order valence-electron chi connectivity index (χ0n) is 13.6. The van der Waals surface area contributed by atoms with E-state index >= 15 is 0 Å². The van der Waals surface area contributed by atoms with Gasteiger partial charge < -0.3 is 14.6 Å². The van der Waals surface area contributed by atoms with E-state index in [9.17, 15) is 10.1 Å². The van der Waals surface area contributed by atoms with Gasteiger partial charge in [-0.1, -0.05) is 19.3 Å². The van der Waals surface area contributed by atoms with E-state index in [1.54, 1.807) is 6.33 Å². The van der Waals surface area contributed by atoms with Crippen LogP contribution in [0, 0.1) is 16.7 Å². The average Bonchev–Trinajstić information content (AvgIpc) is 3.01. The summed E-state index contributed by atoms with van der Waals surface area (Å²) < 4.78 is 7.79. The molecule has 1 saturated carbocycles. The number of hydrogen-bond acceptors (Lipinski definition) is 4. The summed E-state index contributed by atoms with van der Waals surface area (Å²) in [6.45, 7) is 0.611. The molecule has 2 fully saturated rings. The predicted molar refractivity (Wildman–Crippen MR) is 84.2 cm³/mol. The SMILES string of the molecule is Cn1cncc1[C@H]1C[C@@H](NC(=O)C2(C#N)CCCCC2)CCO1. The predicted octanol–water partition coefficient (Wildman–Crippen LogP) is 2.23. The molecule has 1 saturated heterocycles. The van der Waals surface area contributed by atoms with Crippen molar-refractivity contribution in [3.05, 3.63) is 18.2 Å². The molecule has 6 heteroatoms. The van der Waals surface area contributed by atoms with Crippen molar-refractivity contribution in [3.63, 3.8) is 0 Å². The van der Waals surface area contributed by atoms with E-state index in [4.69, 9.17) is 4.74 Å². The topological polar surface area (TPSA) is 79.9 Å². The first-order valence-electron chi connectivity index (χ1n) is 8.45. The molecule has 1 aromatic heterocycles. The fourth-order valence-electron chi connectivity index (χ4n) is 3.68. The van der Waals surface area contributed by atoms with Crippen LogP contribution in [0.4, 0.5) is 0 Å². The number of ether oxygens (including phenoxy) is 1. The van der Waals surface area contributed by atoms with Crippen LogP contribution >= 0.6 is 0 Å². The van der Waals surface area contributed by atoms with Crippen molar-refractivity contribution in [3.8, 4) is 6.07 Å². The Balaban J connectivity index is 1.64. The Morgan fingerprint density at radius 3 is 2.91 bits per heavy atom. The van der Waals surface area contributed by atoms with Gasteiger partial charge in [-0.25, -0.2) is 4.98 Å². The Kier molecular flexibility index (Phi) is 4.67. The van der Waals surface area contributed by atoms with Crippen LogP contribution < -0.4 is 5.32 Å². The largest absolute Gasteiger partial charge is 0.372 e. The normalized spacial score (nSPS) is 27.1. The molecule has 2 atom stereocenters. The second-order valence-corrected chi connectivity index (χ2v) is 6.74. The van der Waals surface area contributed by atoms with Crippen LogP contribution in [-0.2, 0) is 16.6 Å². The van der Waals surface area contributed by atoms with Gasteiger partial charge in [0.15, 0.2) is 0 Å². The standard InChI is InChI=1S/C17H24N4O2/c1-21-12-19-10-14(21)15-9-13(5-8-23-15)20-16(22)17(11-18)6-3-2-4-7-17/h10,12-13,15H,2-9H2,1H3,(H,20,22)/t13-,15+/m0/s1. The van der Waals surface area contributed by atoms with E-state index in [0.29, 0.717) is 19.4 Å². The van der Waals surface area contributed by atoms with E-state index < -0.39 is 5.41 Å². The van der Waals surface area contributed by atoms with Gasteiger partial charge in [0.25, 0.3) is 0 Å². The first kappa shape index (κ1) is 16.0. The summed E-state index contributed by atoms with van der Waals surface area (Å²) in [5, 5.41) is 12.7. The van der Waals surface area contributed by atoms with Crippen molar-refractivity contribution in [1.29, 1.82) is 5.26 Å². The van der Waals surface area contributed by atoms with Gasteiger partial charge in [0.2, 0.25) is 5.91 Å². The molecule has 1 aliphatic heterocycles. The number of aryl methyl sites for hydroxylation is 1. The quantitative estimate of drug-likeness (QED) is 0.927. The number of rotatable bonds is 3. The van der Waals surface area contributed by atoms with E-state index in [2.05, 4.69) is 16.4 Å². The van der Waals surface area contributed by atoms with Crippen molar-refractivity contribution in [2.24, 2.45) is 12.5 Å². The van der Waals surface area contributed by atoms with Crippen molar-refractivity contribution < 1.29 is 9.53 Å². The van der Waals surface area contributed by atoms with Crippen molar-refractivity contribution in [2.45, 2.75) is 57.1 Å². The van der Waals surface area contributed by atoms with Crippen LogP contribution in [0.1, 0.15) is 56.7 Å². The van der Waals surface area contributed by atoms with Gasteiger partial charge in [0.1, 0.15) is 11.5 Å². The highest BCUT2D eigenvalue weighted by Gasteiger charge is 2.41. The number of nitriles is 1. The first-order chi connectivity index (χ1) is 11.1. The van der Waals surface area contributed by atoms with Crippen LogP contribution in [0.15, 0.2) is 12.5 Å². The number of carbonyl (C=O) groups excluding carboxylic acids is 1. The van der Waals surface area contributed by atoms with E-state index in [1.807, 2.05) is 17.8 Å². The second-order valence-electron chi connectivity index (χ2n) is 6.74. The molecule has 23 heavy (non-hydrogen) atoms. The lowest BCUT2D eigenvalue weighted by Crippen LogP contribution is -2.48. The molecule has 124 valence electrons. The summed E-state index contributed by atoms with van der Waals surface area (Å²) in [7, 11) is 1.95. The molecule has 0 aromatic carbocycles. The molecule has 0 spiro atoms. The number of carbonyl (C=O) groups is 1. The number of amides is 1. The van der Waals surface area contributed by atoms with Gasteiger partial charge in [-0.15, -0.1) is 0 Å². The van der Waals surface area contributed by atoms with E-state index in [0.717, 1.165) is 37.8 Å². The Morgan fingerprint density at radius 2 is 2.26 bits per heavy atom. The minimum absolute atomic E-state index is 0.0501. The van der Waals surface area contributed by atoms with E-state index in [-0.39, 0.29) is 18.1 Å². The molecule has 0 bridgehead atoms. The van der Waals surface area contributed by atoms with E-state index in [1.165, 1.54) is 0 Å². The lowest BCUT2D eigenvalue weighted by Gasteiger charge is -2.34. The molecule has 1 aromatic rings. The van der Waals surface area contributed by atoms with Crippen LogP contribution in [0.2, 0.25) is 0 Å². The lowest BCUT2D eigenvalue weighted by atomic mass is 9.74. The van der Waals surface area contributed by atoms with Gasteiger partial charge in [-0.2, -0.15) is 5.26 Å². The molecular formula is C17H24N4O2. The monoisotopic (exact) mass is 316 g/mol. The minimum atomic E-state index is -0.821. The molecule has 1 aliphatic carbocycles. The molecule has 0 radical (unpaired) electrons. The van der Waals surface area contributed by atoms with Crippen molar-refractivity contribution >= 4 is 5.91 Å². The number of aromatic nitrogens is 2. The maximum absolute atomic E-state index is 12.7. The molecule has 1 amide bonds. The molecule has 0 unspecified atom stereocenters. The lowest BCUT2D eigenvalue weighted by molar-refractivity contribution is -0.131. The van der Waals surface area contributed by atoms with Gasteiger partial charge in [0.05, 0.1) is 24.3 Å². The average molecular weight is 316 g/mol. The fourth-order valence-corrected chi connectivity index (χ4v) is 3.68. The van der Waals surface area contributed by atoms with Crippen molar-refractivity contribution in [1.82, 2.24) is 14.9 Å². The zero-order valence-corrected chi connectivity index (χ0v) is 13.6. The third-order valence-corrected chi connectivity index (χ3v) is 5.16. The minimum Gasteiger partial charge on any atom is -0.372 e. The van der Waals surface area contributed by atoms with Gasteiger partial charge in [-0.3, -0.25) is 4.79 Å². The van der Waals surface area contributed by atoms with Gasteiger partial charge >= 0.3 is 0 Å². The fraction of sp³-hybridized carbons (Fsp3) is 0.706. The Hall–Kier alpha value is -1.87. The first-order valence-corrected chi connectivity index (χ1v) is 8.45. The summed E-state index contributed by atoms with van der Waals surface area (Å²) in [5.74, 6) is -0.0876. The number of nitrogens with one attached hydrogen (secondary N) is 1. The van der Waals surface area contributed by atoms with Crippen LogP contribution in [0.5, 0.6) is 0 Å². The summed E-state index contributed by atoms with van der Waals surface area (Å²) in [5.41, 5.74) is 0.204. The Bertz CT molecular complexity index is 598. The maximum Gasteiger partial charge on any atom is 0.240 e. The zero-order chi connectivity index (χ0) is 16.3. The Morgan fingerprint density at radius 1 is 1.48 bits per heavy atom. The summed E-state index contributed by atoms with van der Waals surface area (Å²) in [6, 6.07) is 2.36. The smallest absolute Gasteiger partial charge is 0.240 e. The highest BCUT2D eigenvalue weighted by molar-refractivity contribution is 5.85. The summed E-state index contributed by atoms with van der Waals surface area (Å²) >= 11 is 0. The number of nitrogens with zero attached hydrogens (tertiary/aromatic N) is 3. The van der Waals surface area contributed by atoms with Crippen molar-refractivity contribution in [2.75, 3.05) is 6.61 Å². The third kappa shape index (κ3) is 3.25. The summed E-state index contributed by atoms with van der Waals surface area (Å²) in [4.78, 5) is 16.8. The van der Waals surface area contributed by atoms with Crippen LogP contribution in [0.25, 0.3) is 0 Å². The van der Waals surface area contributed by atoms with Crippen LogP contribution in [0.3, 0.4) is 0 Å². The van der Waals surface area contributed by atoms with Gasteiger partial charge in [-0.05, 0) is 25.7 Å². The van der Waals surface area contributed by atoms with Crippen LogP contribution in [-0.4, -0.2) is 28.1 Å². The molecule has 2 heterocycles. The van der Waals surface area contributed by atoms with Gasteiger partial charge in [0, 0.05) is 19.7 Å². The highest BCUT2D eigenvalue weighted by atomic mass is 16.5. The molecule has 6 nitrogen and oxygen atoms in total. The maximum atomic E-state index is 12.7. The Labute approximate surface area is 136 Å². The molecular weight excluding hydrogens is 292 g/mol.